The van der Waals surface area contributed by atoms with Crippen molar-refractivity contribution in [2.45, 2.75) is 63.0 Å². The summed E-state index contributed by atoms with van der Waals surface area (Å²) in [6.45, 7) is 0.415. The third kappa shape index (κ3) is 2.63. The summed E-state index contributed by atoms with van der Waals surface area (Å²) in [6.07, 6.45) is 3.55. The summed E-state index contributed by atoms with van der Waals surface area (Å²) in [4.78, 5) is 0. The number of hydrogen-bond acceptors (Lipinski definition) is 2. The first-order valence-corrected chi connectivity index (χ1v) is 6.75. The Labute approximate surface area is 109 Å². The molecule has 6 heteroatoms. The fourth-order valence-electron chi connectivity index (χ4n) is 3.23. The average Bonchev–Trinajstić information content (AvgIpc) is 3.01. The van der Waals surface area contributed by atoms with E-state index < -0.39 is 11.9 Å². The molecule has 1 saturated carbocycles. The molecule has 1 atom stereocenters. The van der Waals surface area contributed by atoms with Crippen LogP contribution in [-0.4, -0.2) is 21.5 Å². The van der Waals surface area contributed by atoms with Gasteiger partial charge in [-0.2, -0.15) is 18.3 Å². The van der Waals surface area contributed by atoms with Crippen LogP contribution in [0.4, 0.5) is 13.2 Å². The summed E-state index contributed by atoms with van der Waals surface area (Å²) in [5.74, 6) is 0. The number of aromatic nitrogens is 2. The lowest BCUT2D eigenvalue weighted by atomic mass is 9.98. The van der Waals surface area contributed by atoms with Crippen molar-refractivity contribution in [2.75, 3.05) is 0 Å². The minimum absolute atomic E-state index is 0.000848. The highest BCUT2D eigenvalue weighted by molar-refractivity contribution is 5.03. The van der Waals surface area contributed by atoms with Gasteiger partial charge in [-0.1, -0.05) is 12.8 Å². The normalized spacial score (nSPS) is 26.4. The van der Waals surface area contributed by atoms with Gasteiger partial charge >= 0.3 is 6.18 Å². The lowest BCUT2D eigenvalue weighted by molar-refractivity contribution is -0.141. The number of ether oxygens (including phenoxy) is 1. The summed E-state index contributed by atoms with van der Waals surface area (Å²) in [7, 11) is 0. The topological polar surface area (TPSA) is 27.1 Å². The summed E-state index contributed by atoms with van der Waals surface area (Å²) < 4.78 is 44.8. The molecule has 1 unspecified atom stereocenters. The molecule has 0 bridgehead atoms. The molecule has 2 aliphatic rings. The van der Waals surface area contributed by atoms with Gasteiger partial charge in [-0.05, 0) is 31.7 Å². The van der Waals surface area contributed by atoms with Gasteiger partial charge in [0.05, 0.1) is 18.2 Å². The Morgan fingerprint density at radius 1 is 1.32 bits per heavy atom. The van der Waals surface area contributed by atoms with Crippen LogP contribution in [0, 0.1) is 0 Å². The lowest BCUT2D eigenvalue weighted by Crippen LogP contribution is -2.26. The standard InChI is InChI=1S/C13H17F3N2O/c14-13(15,16)11-4-8-18(17-11)9-10-3-7-12(19-10)5-1-2-6-12/h4,8,10H,1-3,5-7,9H2. The van der Waals surface area contributed by atoms with E-state index in [0.717, 1.165) is 31.7 Å². The monoisotopic (exact) mass is 274 g/mol. The number of halogens is 3. The van der Waals surface area contributed by atoms with Gasteiger partial charge in [-0.25, -0.2) is 0 Å². The van der Waals surface area contributed by atoms with E-state index in [9.17, 15) is 13.2 Å². The lowest BCUT2D eigenvalue weighted by Gasteiger charge is -2.23. The second kappa shape index (κ2) is 4.51. The first-order chi connectivity index (χ1) is 8.97. The molecule has 1 aromatic rings. The van der Waals surface area contributed by atoms with Crippen LogP contribution in [0.3, 0.4) is 0 Å². The maximum atomic E-state index is 12.4. The van der Waals surface area contributed by atoms with Crippen LogP contribution in [0.5, 0.6) is 0 Å². The van der Waals surface area contributed by atoms with Gasteiger partial charge in [0.2, 0.25) is 0 Å². The number of nitrogens with zero attached hydrogens (tertiary/aromatic N) is 2. The summed E-state index contributed by atoms with van der Waals surface area (Å²) in [6, 6.07) is 1.01. The second-order valence-electron chi connectivity index (χ2n) is 5.59. The molecule has 2 fully saturated rings. The van der Waals surface area contributed by atoms with E-state index in [1.165, 1.54) is 23.7 Å². The van der Waals surface area contributed by atoms with Crippen LogP contribution < -0.4 is 0 Å². The van der Waals surface area contributed by atoms with Crippen molar-refractivity contribution in [2.24, 2.45) is 0 Å². The minimum Gasteiger partial charge on any atom is -0.370 e. The van der Waals surface area contributed by atoms with Gasteiger partial charge < -0.3 is 4.74 Å². The van der Waals surface area contributed by atoms with Crippen LogP contribution in [0.2, 0.25) is 0 Å². The molecule has 1 aliphatic heterocycles. The van der Waals surface area contributed by atoms with Crippen LogP contribution >= 0.6 is 0 Å². The van der Waals surface area contributed by atoms with Crippen molar-refractivity contribution < 1.29 is 17.9 Å². The molecule has 1 saturated heterocycles. The van der Waals surface area contributed by atoms with E-state index >= 15 is 0 Å². The van der Waals surface area contributed by atoms with Gasteiger partial charge in [0, 0.05) is 6.20 Å². The minimum atomic E-state index is -4.37. The maximum absolute atomic E-state index is 12.4. The summed E-state index contributed by atoms with van der Waals surface area (Å²) >= 11 is 0. The molecule has 0 aromatic carbocycles. The Balaban J connectivity index is 1.62. The zero-order valence-electron chi connectivity index (χ0n) is 10.6. The van der Waals surface area contributed by atoms with Crippen molar-refractivity contribution in [3.05, 3.63) is 18.0 Å². The van der Waals surface area contributed by atoms with Gasteiger partial charge in [0.15, 0.2) is 5.69 Å². The molecule has 3 nitrogen and oxygen atoms in total. The van der Waals surface area contributed by atoms with Gasteiger partial charge in [0.1, 0.15) is 0 Å². The first kappa shape index (κ1) is 13.0. The number of rotatable bonds is 2. The van der Waals surface area contributed by atoms with E-state index in [0.29, 0.717) is 6.54 Å². The SMILES string of the molecule is FC(F)(F)c1ccn(CC2CCC3(CCCC3)O2)n1. The highest BCUT2D eigenvalue weighted by Crippen LogP contribution is 2.43. The molecule has 3 rings (SSSR count). The molecule has 19 heavy (non-hydrogen) atoms. The largest absolute Gasteiger partial charge is 0.435 e. The summed E-state index contributed by atoms with van der Waals surface area (Å²) in [5.41, 5.74) is -0.814. The number of hydrogen-bond donors (Lipinski definition) is 0. The van der Waals surface area contributed by atoms with Crippen molar-refractivity contribution in [3.8, 4) is 0 Å². The Morgan fingerprint density at radius 2 is 2.05 bits per heavy atom. The Bertz CT molecular complexity index is 449. The quantitative estimate of drug-likeness (QED) is 0.826. The molecule has 1 aliphatic carbocycles. The van der Waals surface area contributed by atoms with Gasteiger partial charge in [0.25, 0.3) is 0 Å². The van der Waals surface area contributed by atoms with E-state index in [1.807, 2.05) is 0 Å². The third-order valence-corrected chi connectivity index (χ3v) is 4.18. The maximum Gasteiger partial charge on any atom is 0.435 e. The molecule has 106 valence electrons. The second-order valence-corrected chi connectivity index (χ2v) is 5.59. The highest BCUT2D eigenvalue weighted by atomic mass is 19.4. The summed E-state index contributed by atoms with van der Waals surface area (Å²) in [5, 5.41) is 3.57. The third-order valence-electron chi connectivity index (χ3n) is 4.18. The van der Waals surface area contributed by atoms with Crippen molar-refractivity contribution in [1.29, 1.82) is 0 Å². The predicted molar refractivity (Wildman–Crippen MR) is 62.5 cm³/mol. The number of alkyl halides is 3. The molecule has 0 N–H and O–H groups in total. The smallest absolute Gasteiger partial charge is 0.370 e. The van der Waals surface area contributed by atoms with Crippen LogP contribution in [-0.2, 0) is 17.5 Å². The molecular formula is C13H17F3N2O. The van der Waals surface area contributed by atoms with Crippen molar-refractivity contribution >= 4 is 0 Å². The fourth-order valence-corrected chi connectivity index (χ4v) is 3.23. The molecule has 1 spiro atoms. The van der Waals surface area contributed by atoms with E-state index in [4.69, 9.17) is 4.74 Å². The Kier molecular flexibility index (Phi) is 3.08. The Hall–Kier alpha value is -1.04. The zero-order chi connectivity index (χ0) is 13.5. The molecule has 0 radical (unpaired) electrons. The van der Waals surface area contributed by atoms with Crippen LogP contribution in [0.1, 0.15) is 44.2 Å². The highest BCUT2D eigenvalue weighted by Gasteiger charge is 2.42. The van der Waals surface area contributed by atoms with Gasteiger partial charge in [-0.3, -0.25) is 4.68 Å². The van der Waals surface area contributed by atoms with Crippen molar-refractivity contribution in [1.82, 2.24) is 9.78 Å². The Morgan fingerprint density at radius 3 is 2.68 bits per heavy atom. The fraction of sp³-hybridized carbons (Fsp3) is 0.769. The molecule has 1 aromatic heterocycles. The van der Waals surface area contributed by atoms with Gasteiger partial charge in [-0.15, -0.1) is 0 Å². The molecular weight excluding hydrogens is 257 g/mol. The first-order valence-electron chi connectivity index (χ1n) is 6.75. The van der Waals surface area contributed by atoms with Crippen molar-refractivity contribution in [3.63, 3.8) is 0 Å². The molecule has 0 amide bonds. The van der Waals surface area contributed by atoms with E-state index in [-0.39, 0.29) is 11.7 Å². The predicted octanol–water partition coefficient (Wildman–Crippen LogP) is 3.39. The van der Waals surface area contributed by atoms with E-state index in [2.05, 4.69) is 5.10 Å². The van der Waals surface area contributed by atoms with Crippen LogP contribution in [0.25, 0.3) is 0 Å². The van der Waals surface area contributed by atoms with E-state index in [1.54, 1.807) is 0 Å². The molecule has 2 heterocycles. The average molecular weight is 274 g/mol. The van der Waals surface area contributed by atoms with Crippen LogP contribution in [0.15, 0.2) is 12.3 Å². The zero-order valence-corrected chi connectivity index (χ0v) is 10.6.